The van der Waals surface area contributed by atoms with E-state index >= 15 is 0 Å². The van der Waals surface area contributed by atoms with Crippen LogP contribution < -0.4 is 10.6 Å². The smallest absolute Gasteiger partial charge is 0.253 e. The lowest BCUT2D eigenvalue weighted by atomic mass is 10.2. The standard InChI is InChI=1S/C19H25N5O/c1-22(19(25)16-5-7-17(20)8-6-16)10-11-23-12-14-24(15-13-23)18-4-2-3-9-21-18/h2-9H,10-15,20H2,1H3. The first kappa shape index (κ1) is 17.2. The largest absolute Gasteiger partial charge is 0.399 e. The van der Waals surface area contributed by atoms with Crippen LogP contribution in [0.15, 0.2) is 48.7 Å². The van der Waals surface area contributed by atoms with Gasteiger partial charge < -0.3 is 15.5 Å². The van der Waals surface area contributed by atoms with E-state index in [2.05, 4.69) is 20.9 Å². The Labute approximate surface area is 148 Å². The highest BCUT2D eigenvalue weighted by Gasteiger charge is 2.19. The fourth-order valence-electron chi connectivity index (χ4n) is 2.98. The minimum atomic E-state index is 0.0344. The molecule has 132 valence electrons. The molecule has 0 spiro atoms. The van der Waals surface area contributed by atoms with E-state index in [1.165, 1.54) is 0 Å². The number of amides is 1. The Morgan fingerprint density at radius 2 is 1.84 bits per heavy atom. The topological polar surface area (TPSA) is 65.7 Å². The number of pyridine rings is 1. The van der Waals surface area contributed by atoms with Gasteiger partial charge in [-0.3, -0.25) is 9.69 Å². The van der Waals surface area contributed by atoms with Crippen molar-refractivity contribution in [3.63, 3.8) is 0 Å². The number of rotatable bonds is 5. The summed E-state index contributed by atoms with van der Waals surface area (Å²) in [7, 11) is 1.85. The van der Waals surface area contributed by atoms with Crippen LogP contribution in [-0.4, -0.2) is 67.0 Å². The summed E-state index contributed by atoms with van der Waals surface area (Å²) in [6.45, 7) is 5.50. The Kier molecular flexibility index (Phi) is 5.50. The van der Waals surface area contributed by atoms with Crippen molar-refractivity contribution in [2.75, 3.05) is 56.9 Å². The zero-order valence-corrected chi connectivity index (χ0v) is 14.6. The van der Waals surface area contributed by atoms with Crippen LogP contribution in [0.1, 0.15) is 10.4 Å². The third kappa shape index (κ3) is 4.48. The summed E-state index contributed by atoms with van der Waals surface area (Å²) in [5.41, 5.74) is 7.02. The highest BCUT2D eigenvalue weighted by molar-refractivity contribution is 5.94. The fourth-order valence-corrected chi connectivity index (χ4v) is 2.98. The van der Waals surface area contributed by atoms with Gasteiger partial charge in [-0.25, -0.2) is 4.98 Å². The van der Waals surface area contributed by atoms with Crippen molar-refractivity contribution in [3.05, 3.63) is 54.2 Å². The number of hydrogen-bond donors (Lipinski definition) is 1. The average Bonchev–Trinajstić information content (AvgIpc) is 2.67. The number of piperazine rings is 1. The number of nitrogens with two attached hydrogens (primary N) is 1. The van der Waals surface area contributed by atoms with Gasteiger partial charge in [0.05, 0.1) is 0 Å². The molecule has 2 N–H and O–H groups in total. The number of nitrogens with zero attached hydrogens (tertiary/aromatic N) is 4. The van der Waals surface area contributed by atoms with E-state index in [1.807, 2.05) is 25.4 Å². The second-order valence-corrected chi connectivity index (χ2v) is 6.37. The summed E-state index contributed by atoms with van der Waals surface area (Å²) in [6, 6.07) is 13.1. The molecule has 0 saturated carbocycles. The lowest BCUT2D eigenvalue weighted by molar-refractivity contribution is 0.0776. The van der Waals surface area contributed by atoms with Gasteiger partial charge in [-0.05, 0) is 36.4 Å². The van der Waals surface area contributed by atoms with E-state index < -0.39 is 0 Å². The molecule has 3 rings (SSSR count). The van der Waals surface area contributed by atoms with E-state index in [1.54, 1.807) is 29.2 Å². The average molecular weight is 339 g/mol. The monoisotopic (exact) mass is 339 g/mol. The molecule has 0 atom stereocenters. The second kappa shape index (κ2) is 7.98. The van der Waals surface area contributed by atoms with Crippen molar-refractivity contribution in [1.82, 2.24) is 14.8 Å². The molecule has 25 heavy (non-hydrogen) atoms. The highest BCUT2D eigenvalue weighted by atomic mass is 16.2. The van der Waals surface area contributed by atoms with E-state index in [4.69, 9.17) is 5.73 Å². The van der Waals surface area contributed by atoms with Gasteiger partial charge in [-0.2, -0.15) is 0 Å². The molecule has 2 heterocycles. The third-order valence-corrected chi connectivity index (χ3v) is 4.60. The SMILES string of the molecule is CN(CCN1CCN(c2ccccn2)CC1)C(=O)c1ccc(N)cc1. The number of likely N-dealkylation sites (N-methyl/N-ethyl adjacent to an activating group) is 1. The summed E-state index contributed by atoms with van der Waals surface area (Å²) in [6.07, 6.45) is 1.83. The van der Waals surface area contributed by atoms with Gasteiger partial charge in [0, 0.05) is 63.8 Å². The van der Waals surface area contributed by atoms with Crippen LogP contribution in [0.3, 0.4) is 0 Å². The zero-order valence-electron chi connectivity index (χ0n) is 14.6. The molecule has 1 aromatic heterocycles. The van der Waals surface area contributed by atoms with Crippen LogP contribution in [0.2, 0.25) is 0 Å². The minimum Gasteiger partial charge on any atom is -0.399 e. The highest BCUT2D eigenvalue weighted by Crippen LogP contribution is 2.13. The lowest BCUT2D eigenvalue weighted by Crippen LogP contribution is -2.48. The van der Waals surface area contributed by atoms with Crippen LogP contribution in [-0.2, 0) is 0 Å². The molecular weight excluding hydrogens is 314 g/mol. The van der Waals surface area contributed by atoms with Crippen LogP contribution in [0.25, 0.3) is 0 Å². The van der Waals surface area contributed by atoms with Crippen molar-refractivity contribution < 1.29 is 4.79 Å². The van der Waals surface area contributed by atoms with Gasteiger partial charge in [0.25, 0.3) is 5.91 Å². The molecule has 0 unspecified atom stereocenters. The summed E-state index contributed by atoms with van der Waals surface area (Å²) < 4.78 is 0. The summed E-state index contributed by atoms with van der Waals surface area (Å²) in [5.74, 6) is 1.07. The van der Waals surface area contributed by atoms with Crippen molar-refractivity contribution in [2.45, 2.75) is 0 Å². The van der Waals surface area contributed by atoms with Gasteiger partial charge in [0.1, 0.15) is 5.82 Å². The third-order valence-electron chi connectivity index (χ3n) is 4.60. The van der Waals surface area contributed by atoms with E-state index in [0.717, 1.165) is 38.5 Å². The van der Waals surface area contributed by atoms with E-state index in [9.17, 15) is 4.79 Å². The van der Waals surface area contributed by atoms with Crippen LogP contribution in [0.5, 0.6) is 0 Å². The predicted octanol–water partition coefficient (Wildman–Crippen LogP) is 1.56. The van der Waals surface area contributed by atoms with Gasteiger partial charge in [0.2, 0.25) is 0 Å². The quantitative estimate of drug-likeness (QED) is 0.838. The first-order valence-electron chi connectivity index (χ1n) is 8.63. The molecule has 1 aliphatic rings. The molecule has 0 bridgehead atoms. The summed E-state index contributed by atoms with van der Waals surface area (Å²) in [4.78, 5) is 23.3. The molecule has 1 aliphatic heterocycles. The Hall–Kier alpha value is -2.60. The molecular formula is C19H25N5O. The van der Waals surface area contributed by atoms with Crippen molar-refractivity contribution in [3.8, 4) is 0 Å². The molecule has 1 amide bonds. The number of carbonyl (C=O) groups excluding carboxylic acids is 1. The van der Waals surface area contributed by atoms with Gasteiger partial charge in [-0.1, -0.05) is 6.07 Å². The normalized spacial score (nSPS) is 15.2. The van der Waals surface area contributed by atoms with Crippen LogP contribution in [0, 0.1) is 0 Å². The van der Waals surface area contributed by atoms with Crippen LogP contribution in [0.4, 0.5) is 11.5 Å². The maximum atomic E-state index is 12.4. The van der Waals surface area contributed by atoms with E-state index in [-0.39, 0.29) is 5.91 Å². The summed E-state index contributed by atoms with van der Waals surface area (Å²) in [5, 5.41) is 0. The minimum absolute atomic E-state index is 0.0344. The maximum Gasteiger partial charge on any atom is 0.253 e. The number of hydrogen-bond acceptors (Lipinski definition) is 5. The van der Waals surface area contributed by atoms with Crippen molar-refractivity contribution >= 4 is 17.4 Å². The molecule has 0 radical (unpaired) electrons. The first-order chi connectivity index (χ1) is 12.1. The number of aromatic nitrogens is 1. The number of benzene rings is 1. The molecule has 1 aromatic carbocycles. The fraction of sp³-hybridized carbons (Fsp3) is 0.368. The second-order valence-electron chi connectivity index (χ2n) is 6.37. The Morgan fingerprint density at radius 3 is 2.48 bits per heavy atom. The first-order valence-corrected chi connectivity index (χ1v) is 8.63. The Morgan fingerprint density at radius 1 is 1.12 bits per heavy atom. The number of anilines is 2. The Bertz CT molecular complexity index is 681. The number of carbonyl (C=O) groups is 1. The number of nitrogen functional groups attached to an aromatic ring is 1. The van der Waals surface area contributed by atoms with Gasteiger partial charge in [-0.15, -0.1) is 0 Å². The van der Waals surface area contributed by atoms with Crippen molar-refractivity contribution in [1.29, 1.82) is 0 Å². The molecule has 1 saturated heterocycles. The molecule has 6 heteroatoms. The zero-order chi connectivity index (χ0) is 17.6. The van der Waals surface area contributed by atoms with Crippen molar-refractivity contribution in [2.24, 2.45) is 0 Å². The molecule has 6 nitrogen and oxygen atoms in total. The molecule has 2 aromatic rings. The predicted molar refractivity (Wildman–Crippen MR) is 101 cm³/mol. The lowest BCUT2D eigenvalue weighted by Gasteiger charge is -2.36. The van der Waals surface area contributed by atoms with Crippen LogP contribution >= 0.6 is 0 Å². The van der Waals surface area contributed by atoms with Gasteiger partial charge in [0.15, 0.2) is 0 Å². The Balaban J connectivity index is 1.45. The molecule has 0 aliphatic carbocycles. The summed E-state index contributed by atoms with van der Waals surface area (Å²) >= 11 is 0. The van der Waals surface area contributed by atoms with Gasteiger partial charge >= 0.3 is 0 Å². The van der Waals surface area contributed by atoms with E-state index in [0.29, 0.717) is 17.8 Å². The maximum absolute atomic E-state index is 12.4. The molecule has 1 fully saturated rings.